The Labute approximate surface area is 109 Å². The Balaban J connectivity index is 3.85. The smallest absolute Gasteiger partial charge is 0.304 e. The van der Waals surface area contributed by atoms with Gasteiger partial charge < -0.3 is 8.96 Å². The lowest BCUT2D eigenvalue weighted by atomic mass is 9.21. The van der Waals surface area contributed by atoms with E-state index in [1.807, 2.05) is 0 Å². The molecule has 0 aliphatic heterocycles. The highest BCUT2D eigenvalue weighted by atomic mass is 16.2. The normalized spacial score (nSPS) is 9.94. The minimum atomic E-state index is -0.840. The Morgan fingerprint density at radius 1 is 1.06 bits per heavy atom. The number of hydrogen-bond acceptors (Lipinski definition) is 3. The van der Waals surface area contributed by atoms with Gasteiger partial charge in [-0.25, -0.2) is 0 Å². The molecule has 0 atom stereocenters. The first-order valence-corrected chi connectivity index (χ1v) is 5.46. The van der Waals surface area contributed by atoms with Crippen molar-refractivity contribution < 1.29 is 0 Å². The van der Waals surface area contributed by atoms with Crippen LogP contribution in [0.5, 0.6) is 0 Å². The molecule has 6 radical (unpaired) electrons. The van der Waals surface area contributed by atoms with Crippen LogP contribution in [0.2, 0.25) is 20.5 Å². The van der Waals surface area contributed by atoms with Crippen molar-refractivity contribution in [2.75, 3.05) is 0 Å². The average Bonchev–Trinajstić information content (AvgIpc) is 2.28. The molecule has 1 aromatic heterocycles. The second-order valence-corrected chi connectivity index (χ2v) is 3.89. The summed E-state index contributed by atoms with van der Waals surface area (Å²) in [6.07, 6.45) is 0. The largest absolute Gasteiger partial charge is 0.310 e. The lowest BCUT2D eigenvalue weighted by Crippen LogP contribution is -2.62. The highest BCUT2D eigenvalue weighted by Crippen LogP contribution is 1.79. The lowest BCUT2D eigenvalue weighted by Gasteiger charge is -2.17. The standard InChI is InChI=1S/C6H9B6N3O3/c1-9-13-4(16)14(11(2)8)6(18)15(5(13)17)12(3)10-7/h1-3H3. The van der Waals surface area contributed by atoms with Gasteiger partial charge in [-0.2, -0.15) is 0 Å². The number of hydrogen-bond donors (Lipinski definition) is 0. The molecule has 0 aliphatic rings. The molecule has 0 aliphatic carbocycles. The fourth-order valence-electron chi connectivity index (χ4n) is 1.60. The van der Waals surface area contributed by atoms with Gasteiger partial charge in [0.25, 0.3) is 7.41 Å². The van der Waals surface area contributed by atoms with Crippen LogP contribution in [0.25, 0.3) is 0 Å². The maximum absolute atomic E-state index is 12.1. The summed E-state index contributed by atoms with van der Waals surface area (Å²) in [5.41, 5.74) is -2.27. The third-order valence-electron chi connectivity index (χ3n) is 2.59. The van der Waals surface area contributed by atoms with Crippen molar-refractivity contribution in [3.05, 3.63) is 31.5 Å². The molecule has 0 spiro atoms. The Morgan fingerprint density at radius 3 is 1.94 bits per heavy atom. The summed E-state index contributed by atoms with van der Waals surface area (Å²) >= 11 is 0. The molecule has 0 bridgehead atoms. The van der Waals surface area contributed by atoms with Crippen LogP contribution < -0.4 is 17.1 Å². The summed E-state index contributed by atoms with van der Waals surface area (Å²) in [5, 5.41) is 0. The molecular weight excluding hydrogens is 227 g/mol. The van der Waals surface area contributed by atoms with E-state index < -0.39 is 30.5 Å². The Kier molecular flexibility index (Phi) is 4.64. The summed E-state index contributed by atoms with van der Waals surface area (Å²) in [5.74, 6) is 0. The molecule has 0 aromatic carbocycles. The molecule has 84 valence electrons. The van der Waals surface area contributed by atoms with Crippen LogP contribution >= 0.6 is 0 Å². The van der Waals surface area contributed by atoms with Crippen molar-refractivity contribution >= 4 is 43.4 Å². The van der Waals surface area contributed by atoms with Crippen LogP contribution in [-0.2, 0) is 0 Å². The Bertz CT molecular complexity index is 604. The summed E-state index contributed by atoms with van der Waals surface area (Å²) in [7, 11) is 13.4. The molecule has 1 aromatic rings. The molecule has 0 amide bonds. The van der Waals surface area contributed by atoms with Crippen molar-refractivity contribution in [3.8, 4) is 0 Å². The van der Waals surface area contributed by atoms with Gasteiger partial charge in [-0.05, 0) is 0 Å². The van der Waals surface area contributed by atoms with Gasteiger partial charge in [0, 0.05) is 7.74 Å². The molecule has 1 heterocycles. The summed E-state index contributed by atoms with van der Waals surface area (Å²) in [4.78, 5) is 36.0. The van der Waals surface area contributed by atoms with E-state index >= 15 is 0 Å². The van der Waals surface area contributed by atoms with Gasteiger partial charge in [-0.15, -0.1) is 0 Å². The zero-order chi connectivity index (χ0) is 14.0. The van der Waals surface area contributed by atoms with E-state index in [0.717, 1.165) is 13.4 Å². The van der Waals surface area contributed by atoms with E-state index in [0.29, 0.717) is 0 Å². The van der Waals surface area contributed by atoms with E-state index in [1.54, 1.807) is 6.82 Å². The van der Waals surface area contributed by atoms with E-state index in [1.165, 1.54) is 28.1 Å². The number of rotatable bonds is 4. The van der Waals surface area contributed by atoms with Crippen molar-refractivity contribution in [2.24, 2.45) is 0 Å². The third-order valence-corrected chi connectivity index (χ3v) is 2.59. The van der Waals surface area contributed by atoms with Crippen LogP contribution in [0.3, 0.4) is 0 Å². The molecular formula is C6H9B6N3O3. The molecule has 6 nitrogen and oxygen atoms in total. The third kappa shape index (κ3) is 2.33. The van der Waals surface area contributed by atoms with Crippen LogP contribution in [0, 0.1) is 0 Å². The van der Waals surface area contributed by atoms with Gasteiger partial charge in [0.15, 0.2) is 0 Å². The molecule has 0 saturated carbocycles. The SMILES string of the molecule is [B][B]B(C)n1c(=O)n([B]C)c(=O)n(B([B])C)c1=O. The predicted octanol–water partition coefficient (Wildman–Crippen LogP) is -3.42. The molecule has 18 heavy (non-hydrogen) atoms. The highest BCUT2D eigenvalue weighted by molar-refractivity contribution is 7.30. The second kappa shape index (κ2) is 5.63. The predicted molar refractivity (Wildman–Crippen MR) is 77.5 cm³/mol. The van der Waals surface area contributed by atoms with Gasteiger partial charge in [0.2, 0.25) is 13.5 Å². The monoisotopic (exact) mass is 237 g/mol. The van der Waals surface area contributed by atoms with Crippen molar-refractivity contribution in [2.45, 2.75) is 20.5 Å². The maximum Gasteiger partial charge on any atom is 0.310 e. The number of aromatic nitrogens is 3. The van der Waals surface area contributed by atoms with E-state index in [4.69, 9.17) is 15.5 Å². The Morgan fingerprint density at radius 2 is 1.56 bits per heavy atom. The lowest BCUT2D eigenvalue weighted by molar-refractivity contribution is 0.749. The first kappa shape index (κ1) is 14.9. The minimum Gasteiger partial charge on any atom is -0.304 e. The van der Waals surface area contributed by atoms with E-state index in [9.17, 15) is 14.4 Å². The number of nitrogens with zero attached hydrogens (tertiary/aromatic N) is 3. The zero-order valence-corrected chi connectivity index (χ0v) is 10.5. The van der Waals surface area contributed by atoms with Crippen LogP contribution in [-0.4, -0.2) is 56.9 Å². The van der Waals surface area contributed by atoms with Crippen molar-refractivity contribution in [1.29, 1.82) is 0 Å². The van der Waals surface area contributed by atoms with Crippen molar-refractivity contribution in [3.63, 3.8) is 0 Å². The molecule has 0 fully saturated rings. The summed E-state index contributed by atoms with van der Waals surface area (Å²) in [6, 6.07) is 0. The molecule has 12 heteroatoms. The topological polar surface area (TPSA) is 66.0 Å². The fourth-order valence-corrected chi connectivity index (χ4v) is 1.60. The fraction of sp³-hybridized carbons (Fsp3) is 0.500. The highest BCUT2D eigenvalue weighted by Gasteiger charge is 2.20. The van der Waals surface area contributed by atoms with Crippen LogP contribution in [0.4, 0.5) is 0 Å². The van der Waals surface area contributed by atoms with Gasteiger partial charge in [0.1, 0.15) is 0 Å². The molecule has 0 saturated heterocycles. The van der Waals surface area contributed by atoms with Crippen LogP contribution in [0.15, 0.2) is 14.4 Å². The van der Waals surface area contributed by atoms with Crippen LogP contribution in [0.1, 0.15) is 0 Å². The van der Waals surface area contributed by atoms with Gasteiger partial charge >= 0.3 is 17.1 Å². The first-order chi connectivity index (χ1) is 8.36. The summed E-state index contributed by atoms with van der Waals surface area (Å²) in [6.45, 7) is 3.09. The van der Waals surface area contributed by atoms with E-state index in [2.05, 4.69) is 0 Å². The van der Waals surface area contributed by atoms with E-state index in [-0.39, 0.29) is 0 Å². The quantitative estimate of drug-likeness (QED) is 0.511. The average molecular weight is 236 g/mol. The zero-order valence-electron chi connectivity index (χ0n) is 10.5. The molecule has 0 N–H and O–H groups in total. The first-order valence-electron chi connectivity index (χ1n) is 5.46. The van der Waals surface area contributed by atoms with Gasteiger partial charge in [0.05, 0.1) is 14.8 Å². The minimum absolute atomic E-state index is 0.637. The maximum atomic E-state index is 12.1. The van der Waals surface area contributed by atoms with Gasteiger partial charge in [-0.3, -0.25) is 18.9 Å². The molecule has 1 rings (SSSR count). The van der Waals surface area contributed by atoms with Gasteiger partial charge in [-0.1, -0.05) is 20.5 Å². The van der Waals surface area contributed by atoms with Crippen molar-refractivity contribution in [1.82, 2.24) is 13.4 Å². The second-order valence-electron chi connectivity index (χ2n) is 3.89. The molecule has 0 unspecified atom stereocenters. The Hall–Kier alpha value is -1.20. The summed E-state index contributed by atoms with van der Waals surface area (Å²) < 4.78 is 2.51.